The molecule has 2 nitrogen and oxygen atoms in total. The first-order valence-corrected chi connectivity index (χ1v) is 10.6. The standard InChI is InChI=1S/C28H32O2/c1-16-13-19(4)24(20(5)14-16)27(29)28(30)26(23-11-9-8-10-12-23)25-21(6)17(2)15-18(3)22(25)7/h8-15,26,28,30H,1-7H3. The highest BCUT2D eigenvalue weighted by Crippen LogP contribution is 2.37. The molecule has 30 heavy (non-hydrogen) atoms. The minimum atomic E-state index is -1.16. The fraction of sp³-hybridized carbons (Fsp3) is 0.321. The smallest absolute Gasteiger partial charge is 0.192 e. The molecule has 0 spiro atoms. The highest BCUT2D eigenvalue weighted by atomic mass is 16.3. The molecule has 0 saturated carbocycles. The number of carbonyl (C=O) groups excluding carboxylic acids is 1. The third kappa shape index (κ3) is 3.97. The molecule has 2 unspecified atom stereocenters. The quantitative estimate of drug-likeness (QED) is 0.516. The second-order valence-corrected chi connectivity index (χ2v) is 8.65. The molecular formula is C28H32O2. The van der Waals surface area contributed by atoms with Crippen molar-refractivity contribution in [3.63, 3.8) is 0 Å². The lowest BCUT2D eigenvalue weighted by Crippen LogP contribution is -2.31. The number of aliphatic hydroxyl groups excluding tert-OH is 1. The van der Waals surface area contributed by atoms with Gasteiger partial charge in [-0.15, -0.1) is 0 Å². The van der Waals surface area contributed by atoms with E-state index >= 15 is 0 Å². The molecule has 3 aromatic carbocycles. The molecule has 0 bridgehead atoms. The number of hydrogen-bond acceptors (Lipinski definition) is 2. The van der Waals surface area contributed by atoms with Gasteiger partial charge in [-0.05, 0) is 93.0 Å². The van der Waals surface area contributed by atoms with Crippen molar-refractivity contribution in [3.8, 4) is 0 Å². The molecule has 0 amide bonds. The Kier molecular flexibility index (Phi) is 6.28. The van der Waals surface area contributed by atoms with E-state index < -0.39 is 12.0 Å². The van der Waals surface area contributed by atoms with Crippen molar-refractivity contribution in [2.75, 3.05) is 0 Å². The molecule has 0 aliphatic rings. The number of Topliss-reactive ketones (excluding diaryl/α,β-unsaturated/α-hetero) is 1. The topological polar surface area (TPSA) is 37.3 Å². The van der Waals surface area contributed by atoms with Crippen molar-refractivity contribution >= 4 is 5.78 Å². The fourth-order valence-corrected chi connectivity index (χ4v) is 4.75. The van der Waals surface area contributed by atoms with E-state index in [9.17, 15) is 9.90 Å². The van der Waals surface area contributed by atoms with Crippen LogP contribution in [0.5, 0.6) is 0 Å². The third-order valence-electron chi connectivity index (χ3n) is 6.40. The summed E-state index contributed by atoms with van der Waals surface area (Å²) in [5, 5.41) is 11.5. The van der Waals surface area contributed by atoms with Crippen LogP contribution < -0.4 is 0 Å². The normalized spacial score (nSPS) is 13.2. The van der Waals surface area contributed by atoms with Crippen molar-refractivity contribution in [3.05, 3.63) is 104 Å². The maximum absolute atomic E-state index is 13.6. The highest BCUT2D eigenvalue weighted by Gasteiger charge is 2.33. The number of carbonyl (C=O) groups is 1. The molecule has 1 N–H and O–H groups in total. The summed E-state index contributed by atoms with van der Waals surface area (Å²) in [6.45, 7) is 14.3. The second-order valence-electron chi connectivity index (χ2n) is 8.65. The Hall–Kier alpha value is -2.71. The summed E-state index contributed by atoms with van der Waals surface area (Å²) in [4.78, 5) is 13.6. The van der Waals surface area contributed by atoms with Crippen molar-refractivity contribution < 1.29 is 9.90 Å². The Morgan fingerprint density at radius 1 is 0.733 bits per heavy atom. The Labute approximate surface area is 180 Å². The van der Waals surface area contributed by atoms with E-state index in [0.29, 0.717) is 5.56 Å². The molecule has 0 saturated heterocycles. The van der Waals surface area contributed by atoms with Crippen molar-refractivity contribution in [1.82, 2.24) is 0 Å². The fourth-order valence-electron chi connectivity index (χ4n) is 4.75. The van der Waals surface area contributed by atoms with Gasteiger partial charge in [0.25, 0.3) is 0 Å². The molecule has 0 aromatic heterocycles. The van der Waals surface area contributed by atoms with Crippen LogP contribution in [0.4, 0.5) is 0 Å². The van der Waals surface area contributed by atoms with Crippen LogP contribution in [-0.2, 0) is 0 Å². The van der Waals surface area contributed by atoms with E-state index in [-0.39, 0.29) is 5.78 Å². The lowest BCUT2D eigenvalue weighted by molar-refractivity contribution is 0.0713. The average molecular weight is 401 g/mol. The zero-order chi connectivity index (χ0) is 22.2. The molecule has 0 fully saturated rings. The van der Waals surface area contributed by atoms with Gasteiger partial charge in [0, 0.05) is 11.5 Å². The van der Waals surface area contributed by atoms with E-state index in [1.54, 1.807) is 0 Å². The molecule has 0 radical (unpaired) electrons. The minimum absolute atomic E-state index is 0.211. The van der Waals surface area contributed by atoms with E-state index in [2.05, 4.69) is 33.8 Å². The monoisotopic (exact) mass is 400 g/mol. The lowest BCUT2D eigenvalue weighted by Gasteiger charge is -2.29. The molecule has 2 heteroatoms. The van der Waals surface area contributed by atoms with E-state index in [1.807, 2.05) is 63.2 Å². The number of hydrogen-bond donors (Lipinski definition) is 1. The third-order valence-corrected chi connectivity index (χ3v) is 6.40. The Morgan fingerprint density at radius 2 is 1.23 bits per heavy atom. The van der Waals surface area contributed by atoms with Crippen LogP contribution in [-0.4, -0.2) is 17.0 Å². The summed E-state index contributed by atoms with van der Waals surface area (Å²) in [5.41, 5.74) is 10.2. The summed E-state index contributed by atoms with van der Waals surface area (Å²) in [7, 11) is 0. The van der Waals surface area contributed by atoms with E-state index in [0.717, 1.165) is 38.9 Å². The number of rotatable bonds is 5. The van der Waals surface area contributed by atoms with Crippen LogP contribution in [0.25, 0.3) is 0 Å². The van der Waals surface area contributed by atoms with Gasteiger partial charge >= 0.3 is 0 Å². The van der Waals surface area contributed by atoms with Crippen LogP contribution >= 0.6 is 0 Å². The van der Waals surface area contributed by atoms with Crippen molar-refractivity contribution in [2.45, 2.75) is 60.5 Å². The summed E-state index contributed by atoms with van der Waals surface area (Å²) in [5.74, 6) is -0.630. The van der Waals surface area contributed by atoms with Gasteiger partial charge in [0.05, 0.1) is 0 Å². The molecule has 0 aliphatic carbocycles. The number of aliphatic hydroxyl groups is 1. The van der Waals surface area contributed by atoms with Gasteiger partial charge in [-0.2, -0.15) is 0 Å². The predicted octanol–water partition coefficient (Wildman–Crippen LogP) is 6.22. The Balaban J connectivity index is 2.22. The molecule has 156 valence electrons. The largest absolute Gasteiger partial charge is 0.384 e. The lowest BCUT2D eigenvalue weighted by atomic mass is 9.77. The Bertz CT molecular complexity index is 1040. The van der Waals surface area contributed by atoms with Crippen molar-refractivity contribution in [1.29, 1.82) is 0 Å². The first-order valence-electron chi connectivity index (χ1n) is 10.6. The predicted molar refractivity (Wildman–Crippen MR) is 125 cm³/mol. The zero-order valence-corrected chi connectivity index (χ0v) is 19.1. The van der Waals surface area contributed by atoms with Gasteiger partial charge in [-0.25, -0.2) is 0 Å². The number of benzene rings is 3. The molecule has 3 aromatic rings. The summed E-state index contributed by atoms with van der Waals surface area (Å²) in [6.07, 6.45) is -1.16. The molecule has 3 rings (SSSR count). The van der Waals surface area contributed by atoms with Gasteiger partial charge in [-0.1, -0.05) is 54.1 Å². The maximum atomic E-state index is 13.6. The molecule has 0 heterocycles. The Morgan fingerprint density at radius 3 is 1.73 bits per heavy atom. The highest BCUT2D eigenvalue weighted by molar-refractivity contribution is 6.02. The van der Waals surface area contributed by atoms with Gasteiger partial charge in [0.1, 0.15) is 6.10 Å². The van der Waals surface area contributed by atoms with Crippen LogP contribution in [0.1, 0.15) is 66.3 Å². The maximum Gasteiger partial charge on any atom is 0.192 e. The van der Waals surface area contributed by atoms with E-state index in [1.165, 1.54) is 11.1 Å². The zero-order valence-electron chi connectivity index (χ0n) is 19.1. The van der Waals surface area contributed by atoms with Gasteiger partial charge in [0.15, 0.2) is 5.78 Å². The van der Waals surface area contributed by atoms with Crippen LogP contribution in [0.2, 0.25) is 0 Å². The van der Waals surface area contributed by atoms with Gasteiger partial charge in [-0.3, -0.25) is 4.79 Å². The van der Waals surface area contributed by atoms with Crippen LogP contribution in [0.3, 0.4) is 0 Å². The summed E-state index contributed by atoms with van der Waals surface area (Å²) in [6, 6.07) is 16.1. The first-order chi connectivity index (χ1) is 14.1. The first kappa shape index (κ1) is 22.0. The number of aryl methyl sites for hydroxylation is 5. The SMILES string of the molecule is Cc1cc(C)c(C(=O)C(O)C(c2ccccc2)c2c(C)c(C)cc(C)c2C)c(C)c1. The van der Waals surface area contributed by atoms with Gasteiger partial charge < -0.3 is 5.11 Å². The molecular weight excluding hydrogens is 368 g/mol. The van der Waals surface area contributed by atoms with Crippen molar-refractivity contribution in [2.24, 2.45) is 0 Å². The minimum Gasteiger partial charge on any atom is -0.384 e. The summed E-state index contributed by atoms with van der Waals surface area (Å²) >= 11 is 0. The average Bonchev–Trinajstić information content (AvgIpc) is 2.69. The van der Waals surface area contributed by atoms with Gasteiger partial charge in [0.2, 0.25) is 0 Å². The van der Waals surface area contributed by atoms with E-state index in [4.69, 9.17) is 0 Å². The number of ketones is 1. The summed E-state index contributed by atoms with van der Waals surface area (Å²) < 4.78 is 0. The van der Waals surface area contributed by atoms with Crippen LogP contribution in [0, 0.1) is 48.5 Å². The van der Waals surface area contributed by atoms with Crippen LogP contribution in [0.15, 0.2) is 48.5 Å². The molecule has 2 atom stereocenters. The molecule has 0 aliphatic heterocycles. The second kappa shape index (κ2) is 8.57.